The Balaban J connectivity index is 0.00000176. The number of aromatic nitrogens is 1. The molecule has 0 unspecified atom stereocenters. The summed E-state index contributed by atoms with van der Waals surface area (Å²) in [5.41, 5.74) is 5.82. The Morgan fingerprint density at radius 3 is 2.64 bits per heavy atom. The number of piperidine rings is 1. The third-order valence-electron chi connectivity index (χ3n) is 4.22. The zero-order chi connectivity index (χ0) is 14.8. The number of carbonyl (C=O) groups is 1. The minimum absolute atomic E-state index is 0. The minimum Gasteiger partial charge on any atom is -0.337 e. The van der Waals surface area contributed by atoms with Crippen LogP contribution in [0.2, 0.25) is 0 Å². The van der Waals surface area contributed by atoms with E-state index in [-0.39, 0.29) is 23.9 Å². The molecule has 1 fully saturated rings. The SMILES string of the molecule is Cl.NCC1CCN(C(=O)c2cc3ccccc3c(=O)[nH]2)CC1. The quantitative estimate of drug-likeness (QED) is 0.884. The van der Waals surface area contributed by atoms with Crippen molar-refractivity contribution in [1.82, 2.24) is 9.88 Å². The molecule has 0 atom stereocenters. The van der Waals surface area contributed by atoms with Gasteiger partial charge in [0.2, 0.25) is 0 Å². The molecule has 1 aromatic heterocycles. The molecule has 0 spiro atoms. The molecule has 0 saturated carbocycles. The van der Waals surface area contributed by atoms with Gasteiger partial charge >= 0.3 is 0 Å². The first-order chi connectivity index (χ1) is 10.2. The van der Waals surface area contributed by atoms with E-state index in [4.69, 9.17) is 5.73 Å². The molecule has 1 aromatic carbocycles. The summed E-state index contributed by atoms with van der Waals surface area (Å²) in [6.07, 6.45) is 1.86. The predicted octanol–water partition coefficient (Wildman–Crippen LogP) is 1.76. The highest BCUT2D eigenvalue weighted by atomic mass is 35.5. The molecule has 1 aliphatic rings. The normalized spacial score (nSPS) is 15.6. The number of H-pyrrole nitrogens is 1. The van der Waals surface area contributed by atoms with E-state index < -0.39 is 0 Å². The maximum Gasteiger partial charge on any atom is 0.270 e. The second kappa shape index (κ2) is 6.94. The Morgan fingerprint density at radius 2 is 1.95 bits per heavy atom. The molecule has 0 radical (unpaired) electrons. The number of pyridine rings is 1. The van der Waals surface area contributed by atoms with E-state index in [1.165, 1.54) is 0 Å². The molecule has 0 aliphatic carbocycles. The van der Waals surface area contributed by atoms with Crippen molar-refractivity contribution in [1.29, 1.82) is 0 Å². The summed E-state index contributed by atoms with van der Waals surface area (Å²) in [4.78, 5) is 29.1. The average molecular weight is 322 g/mol. The van der Waals surface area contributed by atoms with Crippen molar-refractivity contribution < 1.29 is 4.79 Å². The van der Waals surface area contributed by atoms with E-state index in [0.29, 0.717) is 36.6 Å². The zero-order valence-electron chi connectivity index (χ0n) is 12.2. The number of fused-ring (bicyclic) bond motifs is 1. The van der Waals surface area contributed by atoms with Gasteiger partial charge < -0.3 is 15.6 Å². The van der Waals surface area contributed by atoms with Crippen LogP contribution in [0.15, 0.2) is 35.1 Å². The maximum absolute atomic E-state index is 12.5. The van der Waals surface area contributed by atoms with Crippen LogP contribution in [-0.4, -0.2) is 35.4 Å². The van der Waals surface area contributed by atoms with Gasteiger partial charge in [-0.2, -0.15) is 0 Å². The molecule has 118 valence electrons. The molecule has 5 nitrogen and oxygen atoms in total. The van der Waals surface area contributed by atoms with Crippen molar-refractivity contribution in [2.45, 2.75) is 12.8 Å². The van der Waals surface area contributed by atoms with Gasteiger partial charge in [0.15, 0.2) is 0 Å². The number of amides is 1. The highest BCUT2D eigenvalue weighted by Gasteiger charge is 2.23. The van der Waals surface area contributed by atoms with Gasteiger partial charge in [-0.3, -0.25) is 9.59 Å². The first kappa shape index (κ1) is 16.5. The van der Waals surface area contributed by atoms with E-state index in [9.17, 15) is 9.59 Å². The lowest BCUT2D eigenvalue weighted by atomic mass is 9.97. The lowest BCUT2D eigenvalue weighted by Crippen LogP contribution is -2.40. The Labute approximate surface area is 134 Å². The number of carbonyl (C=O) groups excluding carboxylic acids is 1. The number of aromatic amines is 1. The molecule has 2 aromatic rings. The van der Waals surface area contributed by atoms with E-state index in [2.05, 4.69) is 4.98 Å². The van der Waals surface area contributed by atoms with Crippen molar-refractivity contribution in [3.05, 3.63) is 46.4 Å². The van der Waals surface area contributed by atoms with Crippen LogP contribution < -0.4 is 11.3 Å². The highest BCUT2D eigenvalue weighted by Crippen LogP contribution is 2.18. The molecule has 6 heteroatoms. The first-order valence-electron chi connectivity index (χ1n) is 7.30. The third kappa shape index (κ3) is 3.15. The van der Waals surface area contributed by atoms with Crippen LogP contribution >= 0.6 is 12.4 Å². The van der Waals surface area contributed by atoms with Gasteiger partial charge in [0, 0.05) is 18.5 Å². The lowest BCUT2D eigenvalue weighted by molar-refractivity contribution is 0.0687. The van der Waals surface area contributed by atoms with Crippen LogP contribution in [0.5, 0.6) is 0 Å². The molecule has 22 heavy (non-hydrogen) atoms. The number of nitrogens with two attached hydrogens (primary N) is 1. The summed E-state index contributed by atoms with van der Waals surface area (Å²) < 4.78 is 0. The van der Waals surface area contributed by atoms with Crippen molar-refractivity contribution in [2.24, 2.45) is 11.7 Å². The molecule has 0 bridgehead atoms. The smallest absolute Gasteiger partial charge is 0.270 e. The highest BCUT2D eigenvalue weighted by molar-refractivity contribution is 5.96. The summed E-state index contributed by atoms with van der Waals surface area (Å²) in [6.45, 7) is 2.08. The average Bonchev–Trinajstić information content (AvgIpc) is 2.54. The molecular formula is C16H20ClN3O2. The number of benzene rings is 1. The summed E-state index contributed by atoms with van der Waals surface area (Å²) in [7, 11) is 0. The van der Waals surface area contributed by atoms with E-state index in [1.807, 2.05) is 18.2 Å². The fourth-order valence-corrected chi connectivity index (χ4v) is 2.87. The number of rotatable bonds is 2. The second-order valence-electron chi connectivity index (χ2n) is 5.57. The Bertz CT molecular complexity index is 721. The first-order valence-corrected chi connectivity index (χ1v) is 7.30. The van der Waals surface area contributed by atoms with Crippen LogP contribution in [0.1, 0.15) is 23.3 Å². The third-order valence-corrected chi connectivity index (χ3v) is 4.22. The van der Waals surface area contributed by atoms with Crippen LogP contribution in [0.3, 0.4) is 0 Å². The van der Waals surface area contributed by atoms with Crippen molar-refractivity contribution in [2.75, 3.05) is 19.6 Å². The van der Waals surface area contributed by atoms with Crippen LogP contribution in [0.25, 0.3) is 10.8 Å². The molecular weight excluding hydrogens is 302 g/mol. The maximum atomic E-state index is 12.5. The summed E-state index contributed by atoms with van der Waals surface area (Å²) in [5.74, 6) is 0.401. The number of hydrogen-bond acceptors (Lipinski definition) is 3. The minimum atomic E-state index is -0.215. The molecule has 1 saturated heterocycles. The molecule has 1 amide bonds. The van der Waals surface area contributed by atoms with Gasteiger partial charge in [0.05, 0.1) is 0 Å². The van der Waals surface area contributed by atoms with Crippen molar-refractivity contribution in [3.8, 4) is 0 Å². The van der Waals surface area contributed by atoms with Gasteiger partial charge in [-0.05, 0) is 42.8 Å². The number of halogens is 1. The lowest BCUT2D eigenvalue weighted by Gasteiger charge is -2.31. The summed E-state index contributed by atoms with van der Waals surface area (Å²) in [6, 6.07) is 9.05. The van der Waals surface area contributed by atoms with Crippen LogP contribution in [0.4, 0.5) is 0 Å². The number of hydrogen-bond donors (Lipinski definition) is 2. The van der Waals surface area contributed by atoms with Gasteiger partial charge in [0.25, 0.3) is 11.5 Å². The fourth-order valence-electron chi connectivity index (χ4n) is 2.87. The van der Waals surface area contributed by atoms with Crippen molar-refractivity contribution >= 4 is 29.1 Å². The predicted molar refractivity (Wildman–Crippen MR) is 89.5 cm³/mol. The van der Waals surface area contributed by atoms with Crippen LogP contribution in [0, 0.1) is 5.92 Å². The van der Waals surface area contributed by atoms with E-state index in [0.717, 1.165) is 18.2 Å². The van der Waals surface area contributed by atoms with Gasteiger partial charge in [-0.25, -0.2) is 0 Å². The standard InChI is InChI=1S/C16H19N3O2.ClH/c17-10-11-5-7-19(8-6-11)16(21)14-9-12-3-1-2-4-13(12)15(20)18-14;/h1-4,9,11H,5-8,10,17H2,(H,18,20);1H. The number of likely N-dealkylation sites (tertiary alicyclic amines) is 1. The monoisotopic (exact) mass is 321 g/mol. The van der Waals surface area contributed by atoms with Crippen LogP contribution in [-0.2, 0) is 0 Å². The second-order valence-corrected chi connectivity index (χ2v) is 5.57. The zero-order valence-corrected chi connectivity index (χ0v) is 13.1. The molecule has 1 aliphatic heterocycles. The Hall–Kier alpha value is -1.85. The molecule has 3 N–H and O–H groups in total. The summed E-state index contributed by atoms with van der Waals surface area (Å²) in [5, 5.41) is 1.40. The summed E-state index contributed by atoms with van der Waals surface area (Å²) >= 11 is 0. The fraction of sp³-hybridized carbons (Fsp3) is 0.375. The molecule has 3 rings (SSSR count). The Morgan fingerprint density at radius 1 is 1.27 bits per heavy atom. The van der Waals surface area contributed by atoms with Gasteiger partial charge in [0.1, 0.15) is 5.69 Å². The van der Waals surface area contributed by atoms with Gasteiger partial charge in [-0.15, -0.1) is 12.4 Å². The topological polar surface area (TPSA) is 79.2 Å². The molecule has 2 heterocycles. The number of nitrogens with zero attached hydrogens (tertiary/aromatic N) is 1. The number of nitrogens with one attached hydrogen (secondary N) is 1. The van der Waals surface area contributed by atoms with Gasteiger partial charge in [-0.1, -0.05) is 18.2 Å². The van der Waals surface area contributed by atoms with Crippen molar-refractivity contribution in [3.63, 3.8) is 0 Å². The largest absolute Gasteiger partial charge is 0.337 e. The van der Waals surface area contributed by atoms with E-state index >= 15 is 0 Å². The van der Waals surface area contributed by atoms with E-state index in [1.54, 1.807) is 17.0 Å². The Kier molecular flexibility index (Phi) is 5.21.